The van der Waals surface area contributed by atoms with E-state index in [-0.39, 0.29) is 5.91 Å². The molecule has 0 saturated heterocycles. The molecule has 6 heteroatoms. The molecule has 1 aromatic carbocycles. The van der Waals surface area contributed by atoms with Crippen molar-refractivity contribution in [2.75, 3.05) is 0 Å². The highest BCUT2D eigenvalue weighted by Gasteiger charge is 2.34. The van der Waals surface area contributed by atoms with Crippen LogP contribution >= 0.6 is 0 Å². The molecule has 0 aliphatic heterocycles. The van der Waals surface area contributed by atoms with Gasteiger partial charge in [-0.2, -0.15) is 10.2 Å². The van der Waals surface area contributed by atoms with Crippen molar-refractivity contribution in [1.29, 1.82) is 0 Å². The molecule has 3 aromatic rings. The number of carbonyl (C=O) groups is 1. The van der Waals surface area contributed by atoms with Crippen LogP contribution in [-0.4, -0.2) is 36.4 Å². The first-order valence-corrected chi connectivity index (χ1v) is 9.33. The van der Waals surface area contributed by atoms with Crippen molar-refractivity contribution >= 4 is 5.91 Å². The van der Waals surface area contributed by atoms with Crippen LogP contribution in [0, 0.1) is 13.8 Å². The fourth-order valence-electron chi connectivity index (χ4n) is 3.51. The molecule has 2 aromatic heterocycles. The number of hydrogen-bond acceptors (Lipinski definition) is 3. The topological polar surface area (TPSA) is 56.0 Å². The summed E-state index contributed by atoms with van der Waals surface area (Å²) in [5.74, 6) is 0.0953. The van der Waals surface area contributed by atoms with Crippen molar-refractivity contribution in [3.05, 3.63) is 59.2 Å². The molecular formula is C21H25N5O. The minimum Gasteiger partial charge on any atom is -0.331 e. The zero-order chi connectivity index (χ0) is 19.1. The smallest absolute Gasteiger partial charge is 0.254 e. The summed E-state index contributed by atoms with van der Waals surface area (Å²) in [6, 6.07) is 8.17. The molecule has 0 radical (unpaired) electrons. The first-order chi connectivity index (χ1) is 12.9. The molecule has 6 nitrogen and oxygen atoms in total. The van der Waals surface area contributed by atoms with E-state index in [1.807, 2.05) is 67.3 Å². The molecular weight excluding hydrogens is 338 g/mol. The molecule has 1 aliphatic rings. The maximum Gasteiger partial charge on any atom is 0.254 e. The van der Waals surface area contributed by atoms with Crippen molar-refractivity contribution in [2.24, 2.45) is 14.1 Å². The summed E-state index contributed by atoms with van der Waals surface area (Å²) in [7, 11) is 3.85. The Bertz CT molecular complexity index is 979. The lowest BCUT2D eigenvalue weighted by Crippen LogP contribution is -2.33. The van der Waals surface area contributed by atoms with Crippen molar-refractivity contribution in [2.45, 2.75) is 39.3 Å². The van der Waals surface area contributed by atoms with Gasteiger partial charge in [-0.15, -0.1) is 0 Å². The number of amides is 1. The van der Waals surface area contributed by atoms with Gasteiger partial charge in [-0.25, -0.2) is 0 Å². The van der Waals surface area contributed by atoms with Gasteiger partial charge in [0.05, 0.1) is 11.9 Å². The van der Waals surface area contributed by atoms with Crippen molar-refractivity contribution < 1.29 is 4.79 Å². The van der Waals surface area contributed by atoms with E-state index in [1.54, 1.807) is 4.68 Å². The first kappa shape index (κ1) is 17.5. The maximum atomic E-state index is 13.2. The summed E-state index contributed by atoms with van der Waals surface area (Å²) in [5.41, 5.74) is 6.13. The number of benzene rings is 1. The Morgan fingerprint density at radius 2 is 1.85 bits per heavy atom. The Labute approximate surface area is 159 Å². The summed E-state index contributed by atoms with van der Waals surface area (Å²) in [6.45, 7) is 4.70. The quantitative estimate of drug-likeness (QED) is 0.699. The number of hydrogen-bond donors (Lipinski definition) is 0. The fraction of sp³-hybridized carbons (Fsp3) is 0.381. The van der Waals surface area contributed by atoms with E-state index in [4.69, 9.17) is 0 Å². The number of aryl methyl sites for hydroxylation is 3. The number of carbonyl (C=O) groups excluding carboxylic acids is 1. The van der Waals surface area contributed by atoms with Gasteiger partial charge in [0, 0.05) is 55.3 Å². The number of aromatic nitrogens is 4. The predicted octanol–water partition coefficient (Wildman–Crippen LogP) is 3.24. The van der Waals surface area contributed by atoms with E-state index < -0.39 is 0 Å². The average Bonchev–Trinajstić information content (AvgIpc) is 3.36. The highest BCUT2D eigenvalue weighted by atomic mass is 16.2. The van der Waals surface area contributed by atoms with Gasteiger partial charge in [0.1, 0.15) is 0 Å². The average molecular weight is 363 g/mol. The molecule has 140 valence electrons. The van der Waals surface area contributed by atoms with Gasteiger partial charge in [0.25, 0.3) is 5.91 Å². The van der Waals surface area contributed by atoms with Crippen LogP contribution in [-0.2, 0) is 20.6 Å². The van der Waals surface area contributed by atoms with Gasteiger partial charge in [0.15, 0.2) is 0 Å². The molecule has 0 spiro atoms. The Kier molecular flexibility index (Phi) is 4.34. The van der Waals surface area contributed by atoms with Gasteiger partial charge in [-0.05, 0) is 44.4 Å². The lowest BCUT2D eigenvalue weighted by atomic mass is 10.1. The molecule has 1 aliphatic carbocycles. The van der Waals surface area contributed by atoms with Crippen LogP contribution in [0.5, 0.6) is 0 Å². The Morgan fingerprint density at radius 1 is 1.15 bits per heavy atom. The third-order valence-electron chi connectivity index (χ3n) is 5.41. The van der Waals surface area contributed by atoms with Gasteiger partial charge in [0.2, 0.25) is 0 Å². The molecule has 0 unspecified atom stereocenters. The van der Waals surface area contributed by atoms with Crippen LogP contribution in [0.15, 0.2) is 36.7 Å². The first-order valence-electron chi connectivity index (χ1n) is 9.33. The van der Waals surface area contributed by atoms with Crippen LogP contribution in [0.3, 0.4) is 0 Å². The zero-order valence-corrected chi connectivity index (χ0v) is 16.3. The van der Waals surface area contributed by atoms with E-state index in [2.05, 4.69) is 17.1 Å². The van der Waals surface area contributed by atoms with Gasteiger partial charge < -0.3 is 4.90 Å². The van der Waals surface area contributed by atoms with E-state index in [1.165, 1.54) is 0 Å². The van der Waals surface area contributed by atoms with Crippen molar-refractivity contribution in [3.8, 4) is 11.1 Å². The molecule has 0 atom stereocenters. The summed E-state index contributed by atoms with van der Waals surface area (Å²) >= 11 is 0. The molecule has 1 fully saturated rings. The fourth-order valence-corrected chi connectivity index (χ4v) is 3.51. The number of rotatable bonds is 5. The highest BCUT2D eigenvalue weighted by molar-refractivity contribution is 5.95. The second-order valence-corrected chi connectivity index (χ2v) is 7.42. The van der Waals surface area contributed by atoms with Crippen LogP contribution in [0.2, 0.25) is 0 Å². The van der Waals surface area contributed by atoms with E-state index >= 15 is 0 Å². The van der Waals surface area contributed by atoms with Crippen molar-refractivity contribution in [1.82, 2.24) is 24.5 Å². The third-order valence-corrected chi connectivity index (χ3v) is 5.41. The normalized spacial score (nSPS) is 13.8. The van der Waals surface area contributed by atoms with Crippen LogP contribution in [0.25, 0.3) is 11.1 Å². The third kappa shape index (κ3) is 3.39. The molecule has 4 rings (SSSR count). The van der Waals surface area contributed by atoms with E-state index in [9.17, 15) is 4.79 Å². The van der Waals surface area contributed by atoms with Crippen LogP contribution in [0.4, 0.5) is 0 Å². The lowest BCUT2D eigenvalue weighted by Gasteiger charge is -2.23. The second kappa shape index (κ2) is 6.68. The highest BCUT2D eigenvalue weighted by Crippen LogP contribution is 2.31. The Morgan fingerprint density at radius 3 is 2.37 bits per heavy atom. The van der Waals surface area contributed by atoms with Gasteiger partial charge >= 0.3 is 0 Å². The SMILES string of the molecule is Cc1nn(C)c(C)c1CN(C(=O)c1ccc(-c2cnn(C)c2)cc1)C1CC1. The van der Waals surface area contributed by atoms with Crippen LogP contribution in [0.1, 0.15) is 40.2 Å². The van der Waals surface area contributed by atoms with Crippen LogP contribution < -0.4 is 0 Å². The minimum absolute atomic E-state index is 0.0953. The zero-order valence-electron chi connectivity index (χ0n) is 16.3. The summed E-state index contributed by atoms with van der Waals surface area (Å²) < 4.78 is 3.67. The standard InChI is InChI=1S/C21H25N5O/c1-14-20(15(2)25(4)23-14)13-26(19-9-10-19)21(27)17-7-5-16(6-8-17)18-11-22-24(3)12-18/h5-8,11-12,19H,9-10,13H2,1-4H3. The lowest BCUT2D eigenvalue weighted by molar-refractivity contribution is 0.0729. The Balaban J connectivity index is 1.57. The van der Waals surface area contributed by atoms with E-state index in [0.29, 0.717) is 12.6 Å². The monoisotopic (exact) mass is 363 g/mol. The second-order valence-electron chi connectivity index (χ2n) is 7.42. The largest absolute Gasteiger partial charge is 0.331 e. The molecule has 0 N–H and O–H groups in total. The summed E-state index contributed by atoms with van der Waals surface area (Å²) in [5, 5.41) is 8.70. The molecule has 1 amide bonds. The minimum atomic E-state index is 0.0953. The summed E-state index contributed by atoms with van der Waals surface area (Å²) in [6.07, 6.45) is 5.97. The predicted molar refractivity (Wildman–Crippen MR) is 104 cm³/mol. The number of nitrogens with zero attached hydrogens (tertiary/aromatic N) is 5. The Hall–Kier alpha value is -2.89. The van der Waals surface area contributed by atoms with E-state index in [0.717, 1.165) is 46.5 Å². The molecule has 2 heterocycles. The maximum absolute atomic E-state index is 13.2. The van der Waals surface area contributed by atoms with Gasteiger partial charge in [-0.1, -0.05) is 12.1 Å². The summed E-state index contributed by atoms with van der Waals surface area (Å²) in [4.78, 5) is 15.2. The van der Waals surface area contributed by atoms with Crippen molar-refractivity contribution in [3.63, 3.8) is 0 Å². The molecule has 1 saturated carbocycles. The molecule has 27 heavy (non-hydrogen) atoms. The van der Waals surface area contributed by atoms with Gasteiger partial charge in [-0.3, -0.25) is 14.2 Å². The molecule has 0 bridgehead atoms.